The highest BCUT2D eigenvalue weighted by Gasteiger charge is 2.28. The molecule has 2 amide bonds. The molecule has 162 valence electrons. The van der Waals surface area contributed by atoms with Crippen molar-refractivity contribution in [1.29, 1.82) is 0 Å². The van der Waals surface area contributed by atoms with E-state index in [-0.39, 0.29) is 24.0 Å². The molecule has 2 rings (SSSR count). The summed E-state index contributed by atoms with van der Waals surface area (Å²) in [7, 11) is 0. The second-order valence-electron chi connectivity index (χ2n) is 8.80. The second-order valence-corrected chi connectivity index (χ2v) is 8.80. The molecule has 0 unspecified atom stereocenters. The van der Waals surface area contributed by atoms with E-state index in [2.05, 4.69) is 5.32 Å². The molecule has 2 aromatic rings. The van der Waals surface area contributed by atoms with Crippen molar-refractivity contribution in [3.8, 4) is 5.75 Å². The average Bonchev–Trinajstić information content (AvgIpc) is 2.66. The van der Waals surface area contributed by atoms with Crippen LogP contribution >= 0.6 is 0 Å². The SMILES string of the molecule is Cc1ccc(OCC(=O)N(CCc2ccccc2)[C@H](C)C(=O)NC(C)(C)C)c(C)c1. The van der Waals surface area contributed by atoms with Crippen LogP contribution in [0.1, 0.15) is 44.4 Å². The normalized spacial score (nSPS) is 12.2. The van der Waals surface area contributed by atoms with Crippen LogP contribution in [0.2, 0.25) is 0 Å². The molecule has 2 aromatic carbocycles. The highest BCUT2D eigenvalue weighted by atomic mass is 16.5. The second kappa shape index (κ2) is 10.3. The lowest BCUT2D eigenvalue weighted by molar-refractivity contribution is -0.142. The fourth-order valence-electron chi connectivity index (χ4n) is 3.23. The van der Waals surface area contributed by atoms with Crippen molar-refractivity contribution in [3.05, 3.63) is 65.2 Å². The quantitative estimate of drug-likeness (QED) is 0.714. The summed E-state index contributed by atoms with van der Waals surface area (Å²) in [6.07, 6.45) is 0.670. The van der Waals surface area contributed by atoms with Crippen molar-refractivity contribution >= 4 is 11.8 Å². The topological polar surface area (TPSA) is 58.6 Å². The predicted octanol–water partition coefficient (Wildman–Crippen LogP) is 4.06. The number of carbonyl (C=O) groups is 2. The number of nitrogens with zero attached hydrogens (tertiary/aromatic N) is 1. The van der Waals surface area contributed by atoms with Crippen LogP contribution in [0, 0.1) is 13.8 Å². The molecule has 1 atom stereocenters. The number of carbonyl (C=O) groups excluding carboxylic acids is 2. The first-order chi connectivity index (χ1) is 14.1. The van der Waals surface area contributed by atoms with E-state index in [4.69, 9.17) is 4.74 Å². The fraction of sp³-hybridized carbons (Fsp3) is 0.440. The van der Waals surface area contributed by atoms with Crippen molar-refractivity contribution in [1.82, 2.24) is 10.2 Å². The minimum Gasteiger partial charge on any atom is -0.483 e. The number of hydrogen-bond acceptors (Lipinski definition) is 3. The highest BCUT2D eigenvalue weighted by Crippen LogP contribution is 2.19. The van der Waals surface area contributed by atoms with Crippen LogP contribution in [0.5, 0.6) is 5.75 Å². The third-order valence-electron chi connectivity index (χ3n) is 4.83. The molecular formula is C25H34N2O3. The summed E-state index contributed by atoms with van der Waals surface area (Å²) < 4.78 is 5.79. The Bertz CT molecular complexity index is 856. The Hall–Kier alpha value is -2.82. The zero-order valence-corrected chi connectivity index (χ0v) is 19.0. The molecule has 0 fully saturated rings. The molecule has 0 spiro atoms. The van der Waals surface area contributed by atoms with Gasteiger partial charge in [0.15, 0.2) is 6.61 Å². The Morgan fingerprint density at radius 1 is 1.07 bits per heavy atom. The molecule has 30 heavy (non-hydrogen) atoms. The molecular weight excluding hydrogens is 376 g/mol. The molecule has 0 heterocycles. The van der Waals surface area contributed by atoms with Gasteiger partial charge in [-0.2, -0.15) is 0 Å². The number of aryl methyl sites for hydroxylation is 2. The maximum absolute atomic E-state index is 13.0. The number of rotatable bonds is 8. The first-order valence-corrected chi connectivity index (χ1v) is 10.4. The zero-order valence-electron chi connectivity index (χ0n) is 19.0. The minimum atomic E-state index is -0.594. The van der Waals surface area contributed by atoms with E-state index in [1.165, 1.54) is 0 Å². The van der Waals surface area contributed by atoms with E-state index >= 15 is 0 Å². The first-order valence-electron chi connectivity index (χ1n) is 10.4. The Morgan fingerprint density at radius 3 is 2.33 bits per heavy atom. The lowest BCUT2D eigenvalue weighted by Gasteiger charge is -2.31. The van der Waals surface area contributed by atoms with Crippen LogP contribution in [0.3, 0.4) is 0 Å². The van der Waals surface area contributed by atoms with Crippen LogP contribution in [0.15, 0.2) is 48.5 Å². The highest BCUT2D eigenvalue weighted by molar-refractivity contribution is 5.88. The maximum Gasteiger partial charge on any atom is 0.261 e. The van der Waals surface area contributed by atoms with Gasteiger partial charge in [0.1, 0.15) is 11.8 Å². The van der Waals surface area contributed by atoms with E-state index in [1.807, 2.05) is 83.1 Å². The number of ether oxygens (including phenoxy) is 1. The van der Waals surface area contributed by atoms with Gasteiger partial charge in [-0.3, -0.25) is 9.59 Å². The lowest BCUT2D eigenvalue weighted by Crippen LogP contribution is -2.53. The van der Waals surface area contributed by atoms with Crippen molar-refractivity contribution < 1.29 is 14.3 Å². The average molecular weight is 411 g/mol. The minimum absolute atomic E-state index is 0.105. The molecule has 0 aromatic heterocycles. The zero-order chi connectivity index (χ0) is 22.3. The number of amides is 2. The lowest BCUT2D eigenvalue weighted by atomic mass is 10.1. The fourth-order valence-corrected chi connectivity index (χ4v) is 3.23. The summed E-state index contributed by atoms with van der Waals surface area (Å²) in [6.45, 7) is 11.9. The standard InChI is InChI=1S/C25H34N2O3/c1-18-12-13-22(19(2)16-18)30-17-23(28)27(15-14-21-10-8-7-9-11-21)20(3)24(29)26-25(4,5)6/h7-13,16,20H,14-15,17H2,1-6H3,(H,26,29)/t20-/m1/s1. The molecule has 5 nitrogen and oxygen atoms in total. The van der Waals surface area contributed by atoms with Gasteiger partial charge in [0.2, 0.25) is 5.91 Å². The van der Waals surface area contributed by atoms with Crippen LogP contribution in [0.25, 0.3) is 0 Å². The van der Waals surface area contributed by atoms with Crippen molar-refractivity contribution in [2.45, 2.75) is 59.5 Å². The molecule has 0 aliphatic rings. The monoisotopic (exact) mass is 410 g/mol. The smallest absolute Gasteiger partial charge is 0.261 e. The molecule has 0 saturated heterocycles. The summed E-state index contributed by atoms with van der Waals surface area (Å²) in [5, 5.41) is 2.97. The van der Waals surface area contributed by atoms with Crippen LogP contribution in [-0.4, -0.2) is 41.4 Å². The van der Waals surface area contributed by atoms with Crippen LogP contribution in [-0.2, 0) is 16.0 Å². The van der Waals surface area contributed by atoms with Gasteiger partial charge in [-0.25, -0.2) is 0 Å². The molecule has 0 bridgehead atoms. The van der Waals surface area contributed by atoms with Gasteiger partial charge in [0, 0.05) is 12.1 Å². The van der Waals surface area contributed by atoms with Crippen LogP contribution in [0.4, 0.5) is 0 Å². The van der Waals surface area contributed by atoms with Gasteiger partial charge in [-0.1, -0.05) is 48.0 Å². The Balaban J connectivity index is 2.11. The van der Waals surface area contributed by atoms with E-state index in [0.717, 1.165) is 16.7 Å². The molecule has 1 N–H and O–H groups in total. The molecule has 0 radical (unpaired) electrons. The van der Waals surface area contributed by atoms with Gasteiger partial charge in [-0.05, 0) is 65.2 Å². The van der Waals surface area contributed by atoms with Gasteiger partial charge < -0.3 is 15.0 Å². The van der Waals surface area contributed by atoms with Crippen molar-refractivity contribution in [2.75, 3.05) is 13.2 Å². The summed E-state index contributed by atoms with van der Waals surface area (Å²) in [5.41, 5.74) is 2.88. The first kappa shape index (κ1) is 23.5. The van der Waals surface area contributed by atoms with Gasteiger partial charge >= 0.3 is 0 Å². The predicted molar refractivity (Wildman–Crippen MR) is 121 cm³/mol. The van der Waals surface area contributed by atoms with E-state index in [0.29, 0.717) is 18.7 Å². The molecule has 5 heteroatoms. The van der Waals surface area contributed by atoms with Gasteiger partial charge in [-0.15, -0.1) is 0 Å². The van der Waals surface area contributed by atoms with Crippen LogP contribution < -0.4 is 10.1 Å². The Morgan fingerprint density at radius 2 is 1.73 bits per heavy atom. The number of benzene rings is 2. The molecule has 0 aliphatic heterocycles. The Kier molecular flexibility index (Phi) is 8.04. The maximum atomic E-state index is 13.0. The summed E-state index contributed by atoms with van der Waals surface area (Å²) in [6, 6.07) is 15.2. The third-order valence-corrected chi connectivity index (χ3v) is 4.83. The van der Waals surface area contributed by atoms with Gasteiger partial charge in [0.25, 0.3) is 5.91 Å². The van der Waals surface area contributed by atoms with Crippen molar-refractivity contribution in [3.63, 3.8) is 0 Å². The third kappa shape index (κ3) is 7.21. The van der Waals surface area contributed by atoms with E-state index < -0.39 is 6.04 Å². The largest absolute Gasteiger partial charge is 0.483 e. The number of hydrogen-bond donors (Lipinski definition) is 1. The summed E-state index contributed by atoms with van der Waals surface area (Å²) in [4.78, 5) is 27.4. The van der Waals surface area contributed by atoms with E-state index in [9.17, 15) is 9.59 Å². The summed E-state index contributed by atoms with van der Waals surface area (Å²) in [5.74, 6) is 0.307. The van der Waals surface area contributed by atoms with Gasteiger partial charge in [0.05, 0.1) is 0 Å². The number of nitrogens with one attached hydrogen (secondary N) is 1. The Labute approximate surface area is 180 Å². The van der Waals surface area contributed by atoms with E-state index in [1.54, 1.807) is 11.8 Å². The molecule has 0 saturated carbocycles. The summed E-state index contributed by atoms with van der Waals surface area (Å²) >= 11 is 0. The van der Waals surface area contributed by atoms with Crippen molar-refractivity contribution in [2.24, 2.45) is 0 Å². The molecule has 0 aliphatic carbocycles.